The van der Waals surface area contributed by atoms with E-state index in [4.69, 9.17) is 4.74 Å². The largest absolute Gasteiger partial charge is 0.496 e. The van der Waals surface area contributed by atoms with Crippen LogP contribution in [0.15, 0.2) is 18.3 Å². The van der Waals surface area contributed by atoms with Crippen LogP contribution in [0.25, 0.3) is 11.3 Å². The number of aryl methyl sites for hydroxylation is 2. The number of imidazole rings is 1. The van der Waals surface area contributed by atoms with Crippen LogP contribution >= 0.6 is 0 Å². The Hall–Kier alpha value is -1.97. The van der Waals surface area contributed by atoms with Crippen molar-refractivity contribution < 1.29 is 4.74 Å². The van der Waals surface area contributed by atoms with E-state index in [0.29, 0.717) is 0 Å². The van der Waals surface area contributed by atoms with Gasteiger partial charge in [0, 0.05) is 12.6 Å². The summed E-state index contributed by atoms with van der Waals surface area (Å²) in [6.45, 7) is 4.12. The van der Waals surface area contributed by atoms with Crippen LogP contribution in [0.2, 0.25) is 0 Å². The Morgan fingerprint density at radius 2 is 2.06 bits per heavy atom. The maximum Gasteiger partial charge on any atom is 0.200 e. The predicted octanol–water partition coefficient (Wildman–Crippen LogP) is 2.74. The minimum absolute atomic E-state index is 0.751. The summed E-state index contributed by atoms with van der Waals surface area (Å²) in [5, 5.41) is 2.98. The van der Waals surface area contributed by atoms with Gasteiger partial charge >= 0.3 is 0 Å². The van der Waals surface area contributed by atoms with Gasteiger partial charge in [-0.1, -0.05) is 6.07 Å². The van der Waals surface area contributed by atoms with Crippen LogP contribution in [0.4, 0.5) is 5.95 Å². The molecule has 0 saturated heterocycles. The average molecular weight is 231 g/mol. The van der Waals surface area contributed by atoms with E-state index in [9.17, 15) is 0 Å². The Labute approximate surface area is 101 Å². The molecule has 2 N–H and O–H groups in total. The summed E-state index contributed by atoms with van der Waals surface area (Å²) in [6, 6.07) is 4.20. The van der Waals surface area contributed by atoms with E-state index >= 15 is 0 Å². The molecule has 4 heteroatoms. The molecular weight excluding hydrogens is 214 g/mol. The van der Waals surface area contributed by atoms with Crippen molar-refractivity contribution in [2.24, 2.45) is 0 Å². The third-order valence-electron chi connectivity index (χ3n) is 2.73. The fourth-order valence-electron chi connectivity index (χ4n) is 2.01. The number of benzene rings is 1. The predicted molar refractivity (Wildman–Crippen MR) is 69.6 cm³/mol. The highest BCUT2D eigenvalue weighted by Gasteiger charge is 2.11. The molecule has 0 unspecified atom stereocenters. The molecule has 17 heavy (non-hydrogen) atoms. The molecule has 1 heterocycles. The Kier molecular flexibility index (Phi) is 3.04. The monoisotopic (exact) mass is 231 g/mol. The summed E-state index contributed by atoms with van der Waals surface area (Å²) >= 11 is 0. The number of aromatic nitrogens is 2. The molecular formula is C13H17N3O. The fourth-order valence-corrected chi connectivity index (χ4v) is 2.01. The van der Waals surface area contributed by atoms with Crippen molar-refractivity contribution in [3.8, 4) is 17.0 Å². The molecule has 0 aliphatic carbocycles. The van der Waals surface area contributed by atoms with Crippen molar-refractivity contribution in [1.82, 2.24) is 9.97 Å². The number of nitrogens with zero attached hydrogens (tertiary/aromatic N) is 1. The van der Waals surface area contributed by atoms with E-state index in [-0.39, 0.29) is 0 Å². The van der Waals surface area contributed by atoms with Gasteiger partial charge in [-0.15, -0.1) is 0 Å². The lowest BCUT2D eigenvalue weighted by Crippen LogP contribution is -1.93. The molecule has 0 radical (unpaired) electrons. The van der Waals surface area contributed by atoms with Gasteiger partial charge in [0.25, 0.3) is 0 Å². The maximum atomic E-state index is 5.46. The molecule has 0 saturated carbocycles. The van der Waals surface area contributed by atoms with E-state index in [1.807, 2.05) is 20.2 Å². The molecule has 0 aliphatic rings. The molecule has 0 amide bonds. The zero-order chi connectivity index (χ0) is 12.4. The van der Waals surface area contributed by atoms with Crippen molar-refractivity contribution in [2.75, 3.05) is 19.5 Å². The van der Waals surface area contributed by atoms with Crippen molar-refractivity contribution in [1.29, 1.82) is 0 Å². The molecule has 0 aliphatic heterocycles. The summed E-state index contributed by atoms with van der Waals surface area (Å²) in [4.78, 5) is 7.43. The summed E-state index contributed by atoms with van der Waals surface area (Å²) in [5.41, 5.74) is 4.33. The third-order valence-corrected chi connectivity index (χ3v) is 2.73. The standard InChI is InChI=1S/C13H17N3O/c1-8-5-9(2)12(17-4)10(6-8)11-7-15-13(14-3)16-11/h5-7H,1-4H3,(H2,14,15,16). The lowest BCUT2D eigenvalue weighted by molar-refractivity contribution is 0.413. The minimum atomic E-state index is 0.751. The number of rotatable bonds is 3. The first-order chi connectivity index (χ1) is 8.15. The lowest BCUT2D eigenvalue weighted by Gasteiger charge is -2.11. The van der Waals surface area contributed by atoms with E-state index in [0.717, 1.165) is 28.5 Å². The normalized spacial score (nSPS) is 10.4. The molecule has 1 aromatic heterocycles. The fraction of sp³-hybridized carbons (Fsp3) is 0.308. The van der Waals surface area contributed by atoms with Crippen molar-refractivity contribution >= 4 is 5.95 Å². The molecule has 90 valence electrons. The summed E-state index contributed by atoms with van der Waals surface area (Å²) in [6.07, 6.45) is 1.81. The van der Waals surface area contributed by atoms with Gasteiger partial charge in [-0.2, -0.15) is 0 Å². The van der Waals surface area contributed by atoms with Crippen LogP contribution in [-0.2, 0) is 0 Å². The zero-order valence-corrected chi connectivity index (χ0v) is 10.6. The topological polar surface area (TPSA) is 49.9 Å². The Balaban J connectivity index is 2.57. The number of ether oxygens (including phenoxy) is 1. The highest BCUT2D eigenvalue weighted by molar-refractivity contribution is 5.70. The SMILES string of the molecule is CNc1ncc(-c2cc(C)cc(C)c2OC)[nH]1. The Bertz CT molecular complexity index is 531. The second kappa shape index (κ2) is 4.49. The van der Waals surface area contributed by atoms with Gasteiger partial charge in [0.1, 0.15) is 5.75 Å². The van der Waals surface area contributed by atoms with Crippen molar-refractivity contribution in [3.05, 3.63) is 29.5 Å². The first-order valence-electron chi connectivity index (χ1n) is 5.54. The van der Waals surface area contributed by atoms with E-state index in [2.05, 4.69) is 34.3 Å². The molecule has 1 aromatic carbocycles. The quantitative estimate of drug-likeness (QED) is 0.854. The smallest absolute Gasteiger partial charge is 0.200 e. The first kappa shape index (κ1) is 11.5. The van der Waals surface area contributed by atoms with Crippen LogP contribution < -0.4 is 10.1 Å². The van der Waals surface area contributed by atoms with Gasteiger partial charge in [0.05, 0.1) is 19.0 Å². The van der Waals surface area contributed by atoms with Gasteiger partial charge in [0.2, 0.25) is 0 Å². The molecule has 0 spiro atoms. The van der Waals surface area contributed by atoms with Crippen LogP contribution in [0, 0.1) is 13.8 Å². The van der Waals surface area contributed by atoms with E-state index < -0.39 is 0 Å². The number of aromatic amines is 1. The van der Waals surface area contributed by atoms with Crippen LogP contribution in [-0.4, -0.2) is 24.1 Å². The Morgan fingerprint density at radius 3 is 2.65 bits per heavy atom. The van der Waals surface area contributed by atoms with Crippen LogP contribution in [0.1, 0.15) is 11.1 Å². The van der Waals surface area contributed by atoms with Gasteiger partial charge in [-0.3, -0.25) is 0 Å². The summed E-state index contributed by atoms with van der Waals surface area (Å²) in [5.74, 6) is 1.64. The maximum absolute atomic E-state index is 5.46. The van der Waals surface area contributed by atoms with Crippen molar-refractivity contribution in [2.45, 2.75) is 13.8 Å². The summed E-state index contributed by atoms with van der Waals surface area (Å²) < 4.78 is 5.46. The number of methoxy groups -OCH3 is 1. The number of nitrogens with one attached hydrogen (secondary N) is 2. The first-order valence-corrected chi connectivity index (χ1v) is 5.54. The van der Waals surface area contributed by atoms with Gasteiger partial charge in [-0.25, -0.2) is 4.98 Å². The molecule has 2 rings (SSSR count). The average Bonchev–Trinajstić information content (AvgIpc) is 2.76. The highest BCUT2D eigenvalue weighted by atomic mass is 16.5. The van der Waals surface area contributed by atoms with Gasteiger partial charge in [0.15, 0.2) is 5.95 Å². The number of anilines is 1. The Morgan fingerprint density at radius 1 is 1.29 bits per heavy atom. The van der Waals surface area contributed by atoms with Crippen LogP contribution in [0.3, 0.4) is 0 Å². The van der Waals surface area contributed by atoms with E-state index in [1.54, 1.807) is 7.11 Å². The number of hydrogen-bond donors (Lipinski definition) is 2. The zero-order valence-electron chi connectivity index (χ0n) is 10.6. The molecule has 0 atom stereocenters. The van der Waals surface area contributed by atoms with Gasteiger partial charge < -0.3 is 15.0 Å². The molecule has 2 aromatic rings. The summed E-state index contributed by atoms with van der Waals surface area (Å²) in [7, 11) is 3.53. The minimum Gasteiger partial charge on any atom is -0.496 e. The van der Waals surface area contributed by atoms with Gasteiger partial charge in [-0.05, 0) is 31.0 Å². The molecule has 0 bridgehead atoms. The molecule has 0 fully saturated rings. The highest BCUT2D eigenvalue weighted by Crippen LogP contribution is 2.33. The van der Waals surface area contributed by atoms with Crippen LogP contribution in [0.5, 0.6) is 5.75 Å². The number of H-pyrrole nitrogens is 1. The van der Waals surface area contributed by atoms with E-state index in [1.165, 1.54) is 5.56 Å². The lowest BCUT2D eigenvalue weighted by atomic mass is 10.0. The number of hydrogen-bond acceptors (Lipinski definition) is 3. The third kappa shape index (κ3) is 2.11. The second-order valence-electron chi connectivity index (χ2n) is 4.06. The second-order valence-corrected chi connectivity index (χ2v) is 4.06. The van der Waals surface area contributed by atoms with Crippen molar-refractivity contribution in [3.63, 3.8) is 0 Å². The molecule has 4 nitrogen and oxygen atoms in total.